The Labute approximate surface area is 119 Å². The standard InChI is InChI=1S/C12H20ClNO4S/c1-9-7-14(8-10(6-13)18-9)12(15)11-4-2-3-5-19(11,16)17/h9-11H,2-8H2,1H3. The maximum Gasteiger partial charge on any atom is 0.241 e. The summed E-state index contributed by atoms with van der Waals surface area (Å²) in [5.41, 5.74) is 0. The molecule has 3 unspecified atom stereocenters. The number of hydrogen-bond donors (Lipinski definition) is 0. The Hall–Kier alpha value is -0.330. The summed E-state index contributed by atoms with van der Waals surface area (Å²) in [7, 11) is -3.28. The van der Waals surface area contributed by atoms with Crippen molar-refractivity contribution in [1.29, 1.82) is 0 Å². The fourth-order valence-electron chi connectivity index (χ4n) is 2.75. The first kappa shape index (κ1) is 15.1. The van der Waals surface area contributed by atoms with E-state index >= 15 is 0 Å². The SMILES string of the molecule is CC1CN(C(=O)C2CCCCS2(=O)=O)CC(CCl)O1. The van der Waals surface area contributed by atoms with Gasteiger partial charge < -0.3 is 9.64 Å². The number of rotatable bonds is 2. The van der Waals surface area contributed by atoms with E-state index in [2.05, 4.69) is 0 Å². The number of amides is 1. The molecule has 5 nitrogen and oxygen atoms in total. The summed E-state index contributed by atoms with van der Waals surface area (Å²) in [6, 6.07) is 0. The molecule has 2 rings (SSSR count). The van der Waals surface area contributed by atoms with E-state index in [1.807, 2.05) is 6.92 Å². The van der Waals surface area contributed by atoms with Gasteiger partial charge in [-0.25, -0.2) is 8.42 Å². The molecule has 0 aliphatic carbocycles. The molecule has 0 radical (unpaired) electrons. The molecule has 2 saturated heterocycles. The summed E-state index contributed by atoms with van der Waals surface area (Å²) >= 11 is 5.78. The third-order valence-corrected chi connectivity index (χ3v) is 6.17. The number of carbonyl (C=O) groups is 1. The lowest BCUT2D eigenvalue weighted by molar-refractivity contribution is -0.142. The molecule has 0 N–H and O–H groups in total. The van der Waals surface area contributed by atoms with E-state index in [4.69, 9.17) is 16.3 Å². The first-order chi connectivity index (χ1) is 8.94. The Kier molecular flexibility index (Phi) is 4.74. The number of carbonyl (C=O) groups excluding carboxylic acids is 1. The van der Waals surface area contributed by atoms with Crippen LogP contribution in [0.5, 0.6) is 0 Å². The molecule has 2 aliphatic rings. The van der Waals surface area contributed by atoms with E-state index in [0.29, 0.717) is 31.8 Å². The Morgan fingerprint density at radius 2 is 2.11 bits per heavy atom. The van der Waals surface area contributed by atoms with Crippen LogP contribution in [-0.4, -0.2) is 61.4 Å². The van der Waals surface area contributed by atoms with Gasteiger partial charge in [0.2, 0.25) is 5.91 Å². The second-order valence-corrected chi connectivity index (χ2v) is 7.93. The summed E-state index contributed by atoms with van der Waals surface area (Å²) < 4.78 is 29.6. The summed E-state index contributed by atoms with van der Waals surface area (Å²) in [5, 5.41) is -0.859. The van der Waals surface area contributed by atoms with Crippen molar-refractivity contribution in [2.45, 2.75) is 43.6 Å². The lowest BCUT2D eigenvalue weighted by Gasteiger charge is -2.38. The zero-order valence-electron chi connectivity index (χ0n) is 11.0. The molecular formula is C12H20ClNO4S. The first-order valence-corrected chi connectivity index (χ1v) is 8.91. The van der Waals surface area contributed by atoms with Crippen LogP contribution in [-0.2, 0) is 19.4 Å². The number of alkyl halides is 1. The van der Waals surface area contributed by atoms with Gasteiger partial charge in [-0.2, -0.15) is 0 Å². The summed E-state index contributed by atoms with van der Waals surface area (Å²) in [6.45, 7) is 2.70. The highest BCUT2D eigenvalue weighted by Crippen LogP contribution is 2.23. The minimum absolute atomic E-state index is 0.104. The Bertz CT molecular complexity index is 439. The van der Waals surface area contributed by atoms with Crippen molar-refractivity contribution >= 4 is 27.3 Å². The van der Waals surface area contributed by atoms with Crippen molar-refractivity contribution in [2.24, 2.45) is 0 Å². The Morgan fingerprint density at radius 3 is 2.74 bits per heavy atom. The van der Waals surface area contributed by atoms with E-state index in [0.717, 1.165) is 6.42 Å². The van der Waals surface area contributed by atoms with Gasteiger partial charge in [-0.3, -0.25) is 4.79 Å². The smallest absolute Gasteiger partial charge is 0.241 e. The molecule has 7 heteroatoms. The molecule has 3 atom stereocenters. The maximum absolute atomic E-state index is 12.4. The van der Waals surface area contributed by atoms with Gasteiger partial charge in [-0.1, -0.05) is 6.42 Å². The van der Waals surface area contributed by atoms with Crippen LogP contribution in [0.2, 0.25) is 0 Å². The third kappa shape index (κ3) is 3.41. The minimum Gasteiger partial charge on any atom is -0.370 e. The fourth-order valence-corrected chi connectivity index (χ4v) is 4.79. The van der Waals surface area contributed by atoms with Crippen molar-refractivity contribution in [2.75, 3.05) is 24.7 Å². The molecule has 0 saturated carbocycles. The van der Waals surface area contributed by atoms with Crippen LogP contribution >= 0.6 is 11.6 Å². The molecule has 19 heavy (non-hydrogen) atoms. The third-order valence-electron chi connectivity index (χ3n) is 3.66. The predicted molar refractivity (Wildman–Crippen MR) is 73.1 cm³/mol. The van der Waals surface area contributed by atoms with Crippen LogP contribution in [0, 0.1) is 0 Å². The molecule has 2 heterocycles. The lowest BCUT2D eigenvalue weighted by atomic mass is 10.1. The predicted octanol–water partition coefficient (Wildman–Crippen LogP) is 0.808. The fraction of sp³-hybridized carbons (Fsp3) is 0.917. The first-order valence-electron chi connectivity index (χ1n) is 6.66. The number of hydrogen-bond acceptors (Lipinski definition) is 4. The van der Waals surface area contributed by atoms with Crippen LogP contribution in [0.4, 0.5) is 0 Å². The number of morpholine rings is 1. The zero-order valence-corrected chi connectivity index (χ0v) is 12.6. The van der Waals surface area contributed by atoms with Crippen molar-refractivity contribution in [1.82, 2.24) is 4.90 Å². The van der Waals surface area contributed by atoms with E-state index in [-0.39, 0.29) is 23.9 Å². The van der Waals surface area contributed by atoms with Crippen LogP contribution in [0.25, 0.3) is 0 Å². The van der Waals surface area contributed by atoms with E-state index in [1.54, 1.807) is 4.90 Å². The van der Waals surface area contributed by atoms with Crippen LogP contribution in [0.1, 0.15) is 26.2 Å². The maximum atomic E-state index is 12.4. The largest absolute Gasteiger partial charge is 0.370 e. The minimum atomic E-state index is -3.28. The highest BCUT2D eigenvalue weighted by Gasteiger charge is 2.39. The Balaban J connectivity index is 2.10. The van der Waals surface area contributed by atoms with Crippen molar-refractivity contribution in [3.8, 4) is 0 Å². The highest BCUT2D eigenvalue weighted by molar-refractivity contribution is 7.92. The van der Waals surface area contributed by atoms with Crippen LogP contribution < -0.4 is 0 Å². The number of sulfone groups is 1. The molecule has 0 bridgehead atoms. The van der Waals surface area contributed by atoms with Gasteiger partial charge in [0, 0.05) is 13.1 Å². The normalized spacial score (nSPS) is 35.1. The second-order valence-electron chi connectivity index (χ2n) is 5.32. The Morgan fingerprint density at radius 1 is 1.37 bits per heavy atom. The van der Waals surface area contributed by atoms with Crippen molar-refractivity contribution in [3.05, 3.63) is 0 Å². The van der Waals surface area contributed by atoms with Crippen LogP contribution in [0.3, 0.4) is 0 Å². The molecular weight excluding hydrogens is 290 g/mol. The van der Waals surface area contributed by atoms with Gasteiger partial charge in [0.1, 0.15) is 5.25 Å². The second kappa shape index (κ2) is 5.97. The van der Waals surface area contributed by atoms with Gasteiger partial charge in [0.05, 0.1) is 23.8 Å². The average Bonchev–Trinajstić information content (AvgIpc) is 2.36. The quantitative estimate of drug-likeness (QED) is 0.708. The molecule has 1 amide bonds. The topological polar surface area (TPSA) is 63.7 Å². The molecule has 0 aromatic heterocycles. The monoisotopic (exact) mass is 309 g/mol. The van der Waals surface area contributed by atoms with Gasteiger partial charge in [0.15, 0.2) is 9.84 Å². The van der Waals surface area contributed by atoms with Crippen molar-refractivity contribution < 1.29 is 17.9 Å². The molecule has 0 aromatic rings. The molecule has 0 spiro atoms. The summed E-state index contributed by atoms with van der Waals surface area (Å²) in [5.74, 6) is 0.165. The average molecular weight is 310 g/mol. The van der Waals surface area contributed by atoms with E-state index < -0.39 is 15.1 Å². The van der Waals surface area contributed by atoms with Gasteiger partial charge in [-0.05, 0) is 19.8 Å². The zero-order chi connectivity index (χ0) is 14.0. The lowest BCUT2D eigenvalue weighted by Crippen LogP contribution is -2.54. The van der Waals surface area contributed by atoms with Gasteiger partial charge in [0.25, 0.3) is 0 Å². The number of nitrogens with zero attached hydrogens (tertiary/aromatic N) is 1. The summed E-state index contributed by atoms with van der Waals surface area (Å²) in [4.78, 5) is 14.0. The van der Waals surface area contributed by atoms with E-state index in [1.165, 1.54) is 0 Å². The number of ether oxygens (including phenoxy) is 1. The molecule has 110 valence electrons. The molecule has 2 aliphatic heterocycles. The highest BCUT2D eigenvalue weighted by atomic mass is 35.5. The molecule has 2 fully saturated rings. The van der Waals surface area contributed by atoms with Gasteiger partial charge >= 0.3 is 0 Å². The number of halogens is 1. The summed E-state index contributed by atoms with van der Waals surface area (Å²) in [6.07, 6.45) is 1.59. The van der Waals surface area contributed by atoms with Crippen molar-refractivity contribution in [3.63, 3.8) is 0 Å². The molecule has 0 aromatic carbocycles. The van der Waals surface area contributed by atoms with E-state index in [9.17, 15) is 13.2 Å². The van der Waals surface area contributed by atoms with Gasteiger partial charge in [-0.15, -0.1) is 11.6 Å². The van der Waals surface area contributed by atoms with Crippen LogP contribution in [0.15, 0.2) is 0 Å².